The minimum absolute atomic E-state index is 0.101. The third kappa shape index (κ3) is 2.44. The van der Waals surface area contributed by atoms with E-state index in [9.17, 15) is 4.79 Å². The van der Waals surface area contributed by atoms with Gasteiger partial charge in [0.15, 0.2) is 5.89 Å². The van der Waals surface area contributed by atoms with Crippen molar-refractivity contribution in [3.8, 4) is 0 Å². The predicted octanol–water partition coefficient (Wildman–Crippen LogP) is 0.812. The highest BCUT2D eigenvalue weighted by molar-refractivity contribution is 5.92. The maximum Gasteiger partial charge on any atom is 0.292 e. The zero-order valence-electron chi connectivity index (χ0n) is 12.5. The number of carbonyl (C=O) groups is 1. The van der Waals surface area contributed by atoms with Crippen molar-refractivity contribution in [3.05, 3.63) is 35.6 Å². The Morgan fingerprint density at radius 2 is 2.29 bits per heavy atom. The van der Waals surface area contributed by atoms with E-state index in [4.69, 9.17) is 4.42 Å². The number of aryl methyl sites for hydroxylation is 3. The van der Waals surface area contributed by atoms with Crippen LogP contribution in [0.15, 0.2) is 16.8 Å². The topological polar surface area (TPSA) is 76.2 Å². The third-order valence-corrected chi connectivity index (χ3v) is 3.76. The maximum absolute atomic E-state index is 12.8. The molecule has 0 bridgehead atoms. The van der Waals surface area contributed by atoms with Gasteiger partial charge in [-0.25, -0.2) is 9.97 Å². The van der Waals surface area contributed by atoms with Crippen LogP contribution in [-0.2, 0) is 7.05 Å². The number of hydrogen-bond donors (Lipinski definition) is 1. The molecule has 2 aromatic heterocycles. The molecule has 1 aliphatic rings. The van der Waals surface area contributed by atoms with Gasteiger partial charge in [0.25, 0.3) is 5.91 Å². The molecule has 2 aromatic rings. The van der Waals surface area contributed by atoms with Crippen molar-refractivity contribution < 1.29 is 9.21 Å². The first-order valence-electron chi connectivity index (χ1n) is 7.01. The van der Waals surface area contributed by atoms with Crippen molar-refractivity contribution in [2.75, 3.05) is 19.6 Å². The first-order valence-corrected chi connectivity index (χ1v) is 7.01. The number of nitrogens with one attached hydrogen (secondary N) is 1. The van der Waals surface area contributed by atoms with Gasteiger partial charge in [-0.15, -0.1) is 0 Å². The van der Waals surface area contributed by atoms with E-state index in [0.29, 0.717) is 30.4 Å². The van der Waals surface area contributed by atoms with Gasteiger partial charge in [-0.1, -0.05) is 0 Å². The van der Waals surface area contributed by atoms with E-state index in [1.54, 1.807) is 20.0 Å². The monoisotopic (exact) mass is 289 g/mol. The summed E-state index contributed by atoms with van der Waals surface area (Å²) in [5.41, 5.74) is 0.634. The minimum atomic E-state index is -0.123. The maximum atomic E-state index is 12.8. The highest BCUT2D eigenvalue weighted by Crippen LogP contribution is 2.24. The van der Waals surface area contributed by atoms with Gasteiger partial charge < -0.3 is 19.2 Å². The SMILES string of the molecule is Cc1nc(C)c(C(=O)N2CCNCC2c2nccn2C)o1. The average Bonchev–Trinajstić information content (AvgIpc) is 3.03. The molecule has 1 unspecified atom stereocenters. The summed E-state index contributed by atoms with van der Waals surface area (Å²) in [7, 11) is 1.93. The van der Waals surface area contributed by atoms with Gasteiger partial charge in [0.05, 0.1) is 5.69 Å². The number of amides is 1. The fraction of sp³-hybridized carbons (Fsp3) is 0.500. The van der Waals surface area contributed by atoms with Gasteiger partial charge in [0.1, 0.15) is 11.9 Å². The minimum Gasteiger partial charge on any atom is -0.436 e. The van der Waals surface area contributed by atoms with E-state index < -0.39 is 0 Å². The van der Waals surface area contributed by atoms with Gasteiger partial charge >= 0.3 is 0 Å². The molecule has 21 heavy (non-hydrogen) atoms. The fourth-order valence-corrected chi connectivity index (χ4v) is 2.74. The molecule has 0 spiro atoms. The number of nitrogens with zero attached hydrogens (tertiary/aromatic N) is 4. The molecule has 112 valence electrons. The van der Waals surface area contributed by atoms with Crippen molar-refractivity contribution >= 4 is 5.91 Å². The van der Waals surface area contributed by atoms with Crippen LogP contribution in [0.4, 0.5) is 0 Å². The molecule has 1 amide bonds. The molecule has 1 aliphatic heterocycles. The zero-order chi connectivity index (χ0) is 15.0. The normalized spacial score (nSPS) is 19.0. The quantitative estimate of drug-likeness (QED) is 0.885. The molecule has 7 nitrogen and oxygen atoms in total. The van der Waals surface area contributed by atoms with Crippen molar-refractivity contribution in [3.63, 3.8) is 0 Å². The molecule has 1 fully saturated rings. The lowest BCUT2D eigenvalue weighted by Crippen LogP contribution is -2.49. The Labute approximate surface area is 123 Å². The molecule has 0 aromatic carbocycles. The largest absolute Gasteiger partial charge is 0.436 e. The molecular weight excluding hydrogens is 270 g/mol. The molecule has 1 atom stereocenters. The van der Waals surface area contributed by atoms with Crippen LogP contribution in [0.5, 0.6) is 0 Å². The smallest absolute Gasteiger partial charge is 0.292 e. The van der Waals surface area contributed by atoms with Crippen LogP contribution in [0, 0.1) is 13.8 Å². The first-order chi connectivity index (χ1) is 10.1. The molecule has 0 radical (unpaired) electrons. The van der Waals surface area contributed by atoms with Crippen molar-refractivity contribution in [1.82, 2.24) is 24.8 Å². The number of rotatable bonds is 2. The van der Waals surface area contributed by atoms with E-state index in [1.807, 2.05) is 22.7 Å². The summed E-state index contributed by atoms with van der Waals surface area (Å²) in [6.45, 7) is 5.61. The Morgan fingerprint density at radius 1 is 1.48 bits per heavy atom. The fourth-order valence-electron chi connectivity index (χ4n) is 2.74. The summed E-state index contributed by atoms with van der Waals surface area (Å²) in [6, 6.07) is -0.101. The Hall–Kier alpha value is -2.15. The van der Waals surface area contributed by atoms with Crippen molar-refractivity contribution in [2.45, 2.75) is 19.9 Å². The molecule has 0 aliphatic carbocycles. The summed E-state index contributed by atoms with van der Waals surface area (Å²) in [5, 5.41) is 3.31. The van der Waals surface area contributed by atoms with Gasteiger partial charge in [0, 0.05) is 46.0 Å². The van der Waals surface area contributed by atoms with E-state index in [0.717, 1.165) is 12.4 Å². The van der Waals surface area contributed by atoms with Gasteiger partial charge in [-0.2, -0.15) is 0 Å². The van der Waals surface area contributed by atoms with E-state index >= 15 is 0 Å². The van der Waals surface area contributed by atoms with Crippen LogP contribution in [0.3, 0.4) is 0 Å². The van der Waals surface area contributed by atoms with E-state index in [-0.39, 0.29) is 11.9 Å². The lowest BCUT2D eigenvalue weighted by atomic mass is 10.1. The number of piperazine rings is 1. The van der Waals surface area contributed by atoms with Crippen LogP contribution in [-0.4, -0.2) is 45.0 Å². The number of hydrogen-bond acceptors (Lipinski definition) is 5. The first kappa shape index (κ1) is 13.8. The third-order valence-electron chi connectivity index (χ3n) is 3.76. The Bertz CT molecular complexity index is 660. The van der Waals surface area contributed by atoms with Gasteiger partial charge in [0.2, 0.25) is 5.76 Å². The summed E-state index contributed by atoms with van der Waals surface area (Å²) < 4.78 is 7.42. The summed E-state index contributed by atoms with van der Waals surface area (Å²) in [6.07, 6.45) is 3.63. The predicted molar refractivity (Wildman–Crippen MR) is 75.8 cm³/mol. The van der Waals surface area contributed by atoms with Crippen LogP contribution in [0.2, 0.25) is 0 Å². The van der Waals surface area contributed by atoms with Crippen LogP contribution in [0.1, 0.15) is 34.0 Å². The molecule has 3 rings (SSSR count). The number of carbonyl (C=O) groups excluding carboxylic acids is 1. The van der Waals surface area contributed by atoms with Crippen LogP contribution >= 0.6 is 0 Å². The Morgan fingerprint density at radius 3 is 2.90 bits per heavy atom. The van der Waals surface area contributed by atoms with E-state index in [1.165, 1.54) is 0 Å². The van der Waals surface area contributed by atoms with E-state index in [2.05, 4.69) is 15.3 Å². The second-order valence-electron chi connectivity index (χ2n) is 5.26. The lowest BCUT2D eigenvalue weighted by molar-refractivity contribution is 0.0586. The summed E-state index contributed by atoms with van der Waals surface area (Å²) in [4.78, 5) is 23.1. The van der Waals surface area contributed by atoms with Gasteiger partial charge in [-0.3, -0.25) is 4.79 Å². The lowest BCUT2D eigenvalue weighted by Gasteiger charge is -2.35. The highest BCUT2D eigenvalue weighted by atomic mass is 16.4. The molecule has 1 N–H and O–H groups in total. The zero-order valence-corrected chi connectivity index (χ0v) is 12.5. The van der Waals surface area contributed by atoms with Gasteiger partial charge in [-0.05, 0) is 6.92 Å². The molecule has 3 heterocycles. The second-order valence-corrected chi connectivity index (χ2v) is 5.26. The average molecular weight is 289 g/mol. The van der Waals surface area contributed by atoms with Crippen LogP contribution in [0.25, 0.3) is 0 Å². The summed E-state index contributed by atoms with van der Waals surface area (Å²) >= 11 is 0. The Balaban J connectivity index is 1.93. The summed E-state index contributed by atoms with van der Waals surface area (Å²) in [5.74, 6) is 1.58. The second kappa shape index (κ2) is 5.33. The number of oxazole rings is 1. The number of imidazole rings is 1. The van der Waals surface area contributed by atoms with Crippen molar-refractivity contribution in [2.24, 2.45) is 7.05 Å². The van der Waals surface area contributed by atoms with Crippen molar-refractivity contribution in [1.29, 1.82) is 0 Å². The van der Waals surface area contributed by atoms with Crippen LogP contribution < -0.4 is 5.32 Å². The molecule has 1 saturated heterocycles. The molecule has 0 saturated carbocycles. The molecule has 7 heteroatoms. The number of aromatic nitrogens is 3. The highest BCUT2D eigenvalue weighted by Gasteiger charge is 2.33. The molecular formula is C14H19N5O2. The Kier molecular flexibility index (Phi) is 3.50. The standard InChI is InChI=1S/C14H19N5O2/c1-9-12(21-10(2)17-9)14(20)19-7-4-15-8-11(19)13-16-5-6-18(13)3/h5-6,11,15H,4,7-8H2,1-3H3.